The molecule has 0 unspecified atom stereocenters. The normalized spacial score (nSPS) is 12.7. The molecular formula is C24H34N4O. The van der Waals surface area contributed by atoms with Crippen LogP contribution in [0, 0.1) is 13.8 Å². The zero-order valence-corrected chi connectivity index (χ0v) is 19.1. The summed E-state index contributed by atoms with van der Waals surface area (Å²) >= 11 is 0. The van der Waals surface area contributed by atoms with E-state index in [4.69, 9.17) is 14.7 Å². The van der Waals surface area contributed by atoms with Gasteiger partial charge in [-0.05, 0) is 61.9 Å². The van der Waals surface area contributed by atoms with Gasteiger partial charge in [0, 0.05) is 31.6 Å². The van der Waals surface area contributed by atoms with Crippen molar-refractivity contribution in [3.8, 4) is 11.3 Å². The minimum absolute atomic E-state index is 0.259. The van der Waals surface area contributed by atoms with Crippen LogP contribution in [0.3, 0.4) is 0 Å². The summed E-state index contributed by atoms with van der Waals surface area (Å²) in [5.74, 6) is 1.28. The molecule has 0 fully saturated rings. The Bertz CT molecular complexity index is 1020. The van der Waals surface area contributed by atoms with Crippen molar-refractivity contribution in [3.05, 3.63) is 40.7 Å². The van der Waals surface area contributed by atoms with E-state index in [-0.39, 0.29) is 6.04 Å². The smallest absolute Gasteiger partial charge is 0.135 e. The molecule has 3 rings (SSSR count). The zero-order chi connectivity index (χ0) is 21.3. The van der Waals surface area contributed by atoms with Gasteiger partial charge < -0.3 is 14.6 Å². The summed E-state index contributed by atoms with van der Waals surface area (Å²) in [5, 5.41) is 3.30. The highest BCUT2D eigenvalue weighted by Crippen LogP contribution is 2.35. The van der Waals surface area contributed by atoms with Crippen LogP contribution < -0.4 is 5.32 Å². The quantitative estimate of drug-likeness (QED) is 0.562. The molecule has 0 saturated carbocycles. The Morgan fingerprint density at radius 1 is 1.10 bits per heavy atom. The maximum atomic E-state index is 5.37. The third-order valence-corrected chi connectivity index (χ3v) is 5.61. The van der Waals surface area contributed by atoms with Crippen molar-refractivity contribution >= 4 is 16.9 Å². The van der Waals surface area contributed by atoms with E-state index in [1.807, 2.05) is 7.05 Å². The van der Waals surface area contributed by atoms with Crippen molar-refractivity contribution in [3.63, 3.8) is 0 Å². The fourth-order valence-corrected chi connectivity index (χ4v) is 4.11. The Balaban J connectivity index is 2.23. The van der Waals surface area contributed by atoms with E-state index in [0.29, 0.717) is 12.5 Å². The summed E-state index contributed by atoms with van der Waals surface area (Å²) in [6.45, 7) is 13.7. The van der Waals surface area contributed by atoms with Gasteiger partial charge in [0.05, 0.1) is 29.4 Å². The molecule has 0 aliphatic heterocycles. The Morgan fingerprint density at radius 2 is 1.83 bits per heavy atom. The van der Waals surface area contributed by atoms with Crippen LogP contribution in [0.15, 0.2) is 18.3 Å². The van der Waals surface area contributed by atoms with E-state index < -0.39 is 0 Å². The van der Waals surface area contributed by atoms with Crippen LogP contribution in [0.2, 0.25) is 0 Å². The van der Waals surface area contributed by atoms with Crippen LogP contribution in [0.1, 0.15) is 62.0 Å². The predicted molar refractivity (Wildman–Crippen MR) is 122 cm³/mol. The van der Waals surface area contributed by atoms with Crippen molar-refractivity contribution in [2.75, 3.05) is 26.1 Å². The molecule has 3 aromatic rings. The molecule has 0 bridgehead atoms. The molecule has 156 valence electrons. The second-order valence-electron chi connectivity index (χ2n) is 8.23. The number of anilines is 1. The van der Waals surface area contributed by atoms with E-state index >= 15 is 0 Å². The Morgan fingerprint density at radius 3 is 2.41 bits per heavy atom. The molecule has 0 amide bonds. The van der Waals surface area contributed by atoms with E-state index in [0.717, 1.165) is 45.8 Å². The van der Waals surface area contributed by atoms with Crippen LogP contribution in [0.25, 0.3) is 22.3 Å². The molecule has 0 saturated heterocycles. The van der Waals surface area contributed by atoms with Crippen LogP contribution in [-0.4, -0.2) is 35.3 Å². The molecule has 0 aromatic carbocycles. The number of ether oxygens (including phenoxy) is 1. The number of nitrogens with one attached hydrogen (secondary N) is 1. The third kappa shape index (κ3) is 3.88. The van der Waals surface area contributed by atoms with Gasteiger partial charge in [-0.1, -0.05) is 20.8 Å². The third-order valence-electron chi connectivity index (χ3n) is 5.61. The largest absolute Gasteiger partial charge is 0.383 e. The zero-order valence-electron chi connectivity index (χ0n) is 19.1. The number of hydrogen-bond acceptors (Lipinski definition) is 4. The lowest BCUT2D eigenvalue weighted by atomic mass is 9.97. The molecule has 5 heteroatoms. The molecule has 29 heavy (non-hydrogen) atoms. The van der Waals surface area contributed by atoms with Gasteiger partial charge in [-0.25, -0.2) is 9.97 Å². The SMILES string of the molecule is CCc1cc(-c2nc3c(C)cn([C@@H](C)COC)c3cc2C)c(NC)nc1C(C)C. The lowest BCUT2D eigenvalue weighted by molar-refractivity contribution is 0.164. The first-order chi connectivity index (χ1) is 13.8. The molecule has 0 aliphatic rings. The molecule has 0 spiro atoms. The molecule has 0 radical (unpaired) electrons. The van der Waals surface area contributed by atoms with Crippen molar-refractivity contribution in [1.29, 1.82) is 0 Å². The lowest BCUT2D eigenvalue weighted by Crippen LogP contribution is -2.10. The number of pyridine rings is 2. The van der Waals surface area contributed by atoms with Gasteiger partial charge in [0.25, 0.3) is 0 Å². The van der Waals surface area contributed by atoms with Gasteiger partial charge in [-0.3, -0.25) is 0 Å². The molecule has 1 N–H and O–H groups in total. The van der Waals surface area contributed by atoms with E-state index in [9.17, 15) is 0 Å². The second-order valence-corrected chi connectivity index (χ2v) is 8.23. The molecule has 3 heterocycles. The average Bonchev–Trinajstić information content (AvgIpc) is 3.02. The van der Waals surface area contributed by atoms with Gasteiger partial charge in [0.2, 0.25) is 0 Å². The average molecular weight is 395 g/mol. The molecule has 3 aromatic heterocycles. The number of methoxy groups -OCH3 is 1. The number of fused-ring (bicyclic) bond motifs is 1. The molecular weight excluding hydrogens is 360 g/mol. The summed E-state index contributed by atoms with van der Waals surface area (Å²) in [4.78, 5) is 10.1. The van der Waals surface area contributed by atoms with Crippen molar-refractivity contribution < 1.29 is 4.74 Å². The first-order valence-electron chi connectivity index (χ1n) is 10.5. The molecule has 0 aliphatic carbocycles. The minimum atomic E-state index is 0.259. The number of aryl methyl sites for hydroxylation is 3. The van der Waals surface area contributed by atoms with E-state index in [2.05, 4.69) is 69.8 Å². The predicted octanol–water partition coefficient (Wildman–Crippen LogP) is 5.65. The highest BCUT2D eigenvalue weighted by molar-refractivity contribution is 5.86. The molecule has 5 nitrogen and oxygen atoms in total. The maximum absolute atomic E-state index is 5.37. The highest BCUT2D eigenvalue weighted by atomic mass is 16.5. The number of aromatic nitrogens is 3. The second kappa shape index (κ2) is 8.54. The van der Waals surface area contributed by atoms with Gasteiger partial charge in [0.15, 0.2) is 0 Å². The summed E-state index contributed by atoms with van der Waals surface area (Å²) < 4.78 is 7.64. The highest BCUT2D eigenvalue weighted by Gasteiger charge is 2.19. The minimum Gasteiger partial charge on any atom is -0.383 e. The van der Waals surface area contributed by atoms with E-state index in [1.165, 1.54) is 11.1 Å². The number of rotatable bonds is 7. The topological polar surface area (TPSA) is 52.0 Å². The van der Waals surface area contributed by atoms with Crippen molar-refractivity contribution in [2.24, 2.45) is 0 Å². The Kier molecular flexibility index (Phi) is 6.27. The monoisotopic (exact) mass is 394 g/mol. The van der Waals surface area contributed by atoms with Crippen LogP contribution in [0.5, 0.6) is 0 Å². The van der Waals surface area contributed by atoms with Gasteiger partial charge in [-0.2, -0.15) is 0 Å². The van der Waals surface area contributed by atoms with Crippen LogP contribution in [-0.2, 0) is 11.2 Å². The van der Waals surface area contributed by atoms with Crippen molar-refractivity contribution in [2.45, 2.75) is 59.9 Å². The summed E-state index contributed by atoms with van der Waals surface area (Å²) in [5.41, 5.74) is 9.05. The summed E-state index contributed by atoms with van der Waals surface area (Å²) in [6.07, 6.45) is 3.14. The maximum Gasteiger partial charge on any atom is 0.135 e. The number of nitrogens with zero attached hydrogens (tertiary/aromatic N) is 3. The van der Waals surface area contributed by atoms with Gasteiger partial charge in [0.1, 0.15) is 5.82 Å². The standard InChI is InChI=1S/C24H34N4O/c1-9-18-11-19(24(25-7)27-21(18)14(2)3)22-15(4)10-20-23(26-22)16(5)12-28(20)17(6)13-29-8/h10-12,14,17H,9,13H2,1-8H3,(H,25,27)/t17-/m0/s1. The fraction of sp³-hybridized carbons (Fsp3) is 0.500. The first kappa shape index (κ1) is 21.3. The van der Waals surface area contributed by atoms with Crippen molar-refractivity contribution in [1.82, 2.24) is 14.5 Å². The Labute approximate surface area is 174 Å². The Hall–Kier alpha value is -2.40. The van der Waals surface area contributed by atoms with Gasteiger partial charge in [-0.15, -0.1) is 0 Å². The lowest BCUT2D eigenvalue weighted by Gasteiger charge is -2.18. The van der Waals surface area contributed by atoms with Crippen LogP contribution in [0.4, 0.5) is 5.82 Å². The fourth-order valence-electron chi connectivity index (χ4n) is 4.11. The summed E-state index contributed by atoms with van der Waals surface area (Å²) in [7, 11) is 3.68. The first-order valence-corrected chi connectivity index (χ1v) is 10.5. The van der Waals surface area contributed by atoms with E-state index in [1.54, 1.807) is 7.11 Å². The summed E-state index contributed by atoms with van der Waals surface area (Å²) in [6, 6.07) is 4.78. The molecule has 1 atom stereocenters. The van der Waals surface area contributed by atoms with Gasteiger partial charge >= 0.3 is 0 Å². The van der Waals surface area contributed by atoms with Crippen LogP contribution >= 0.6 is 0 Å². The number of hydrogen-bond donors (Lipinski definition) is 1.